The van der Waals surface area contributed by atoms with Crippen LogP contribution in [0, 0.1) is 19.3 Å². The fourth-order valence-electron chi connectivity index (χ4n) is 3.45. The zero-order chi connectivity index (χ0) is 19.6. The molecule has 6 nitrogen and oxygen atoms in total. The van der Waals surface area contributed by atoms with Crippen molar-refractivity contribution >= 4 is 18.3 Å². The van der Waals surface area contributed by atoms with Crippen molar-refractivity contribution in [2.75, 3.05) is 6.54 Å². The van der Waals surface area contributed by atoms with E-state index >= 15 is 0 Å². The van der Waals surface area contributed by atoms with E-state index in [2.05, 4.69) is 5.32 Å². The van der Waals surface area contributed by atoms with Gasteiger partial charge in [-0.05, 0) is 52.6 Å². The van der Waals surface area contributed by atoms with Crippen molar-refractivity contribution in [2.24, 2.45) is 5.41 Å². The Bertz CT molecular complexity index is 747. The van der Waals surface area contributed by atoms with Gasteiger partial charge in [0.2, 0.25) is 12.3 Å². The van der Waals surface area contributed by atoms with Crippen molar-refractivity contribution < 1.29 is 19.5 Å². The van der Waals surface area contributed by atoms with Gasteiger partial charge in [0, 0.05) is 19.6 Å². The van der Waals surface area contributed by atoms with Gasteiger partial charge in [-0.3, -0.25) is 14.4 Å². The predicted octanol–water partition coefficient (Wildman–Crippen LogP) is 2.11. The van der Waals surface area contributed by atoms with E-state index in [9.17, 15) is 19.5 Å². The summed E-state index contributed by atoms with van der Waals surface area (Å²) in [4.78, 5) is 36.7. The molecule has 2 N–H and O–H groups in total. The summed E-state index contributed by atoms with van der Waals surface area (Å²) in [6, 6.07) is 0. The lowest BCUT2D eigenvalue weighted by molar-refractivity contribution is -0.136. The van der Waals surface area contributed by atoms with E-state index in [4.69, 9.17) is 0 Å². The standard InChI is InChI=1S/C20H28N2O4/c1-12-14(6-18(24)21-10-20(3,4)5)15(7-19(25)26)13(2)17-9-22(11-23)8-16(12)17/h11H,6-10H2,1-5H3,(H,21,24)(H,25,26). The maximum atomic E-state index is 12.5. The number of hydrogen-bond donors (Lipinski definition) is 2. The maximum Gasteiger partial charge on any atom is 0.307 e. The van der Waals surface area contributed by atoms with Crippen LogP contribution < -0.4 is 5.32 Å². The second-order valence-corrected chi connectivity index (χ2v) is 8.26. The highest BCUT2D eigenvalue weighted by molar-refractivity contribution is 5.81. The Morgan fingerprint density at radius 1 is 1.08 bits per heavy atom. The summed E-state index contributed by atoms with van der Waals surface area (Å²) < 4.78 is 0. The second-order valence-electron chi connectivity index (χ2n) is 8.26. The van der Waals surface area contributed by atoms with E-state index in [1.54, 1.807) is 4.90 Å². The number of nitrogens with zero attached hydrogens (tertiary/aromatic N) is 1. The number of aliphatic carboxylic acids is 1. The molecule has 0 fully saturated rings. The van der Waals surface area contributed by atoms with E-state index in [-0.39, 0.29) is 24.2 Å². The first-order valence-corrected chi connectivity index (χ1v) is 8.84. The van der Waals surface area contributed by atoms with Gasteiger partial charge in [0.05, 0.1) is 12.8 Å². The first-order valence-electron chi connectivity index (χ1n) is 8.84. The zero-order valence-electron chi connectivity index (χ0n) is 16.2. The molecule has 0 spiro atoms. The van der Waals surface area contributed by atoms with E-state index in [1.165, 1.54) is 0 Å². The van der Waals surface area contributed by atoms with Gasteiger partial charge in [-0.1, -0.05) is 20.8 Å². The van der Waals surface area contributed by atoms with Crippen LogP contribution in [0.1, 0.15) is 54.2 Å². The molecule has 0 aliphatic carbocycles. The average molecular weight is 360 g/mol. The highest BCUT2D eigenvalue weighted by Crippen LogP contribution is 2.34. The van der Waals surface area contributed by atoms with Crippen LogP contribution in [-0.2, 0) is 40.3 Å². The zero-order valence-corrected chi connectivity index (χ0v) is 16.2. The summed E-state index contributed by atoms with van der Waals surface area (Å²) in [5, 5.41) is 12.3. The van der Waals surface area contributed by atoms with Crippen LogP contribution in [0.2, 0.25) is 0 Å². The Labute approximate surface area is 154 Å². The Balaban J connectivity index is 2.41. The molecule has 142 valence electrons. The number of fused-ring (bicyclic) bond motifs is 1. The normalized spacial score (nSPS) is 13.5. The summed E-state index contributed by atoms with van der Waals surface area (Å²) in [6.07, 6.45) is 0.841. The van der Waals surface area contributed by atoms with E-state index in [1.807, 2.05) is 34.6 Å². The minimum absolute atomic E-state index is 0.0209. The fourth-order valence-corrected chi connectivity index (χ4v) is 3.45. The molecule has 0 unspecified atom stereocenters. The van der Waals surface area contributed by atoms with Gasteiger partial charge in [0.25, 0.3) is 0 Å². The predicted molar refractivity (Wildman–Crippen MR) is 98.7 cm³/mol. The molecule has 1 heterocycles. The molecule has 0 aromatic heterocycles. The van der Waals surface area contributed by atoms with Gasteiger partial charge < -0.3 is 15.3 Å². The quantitative estimate of drug-likeness (QED) is 0.761. The second kappa shape index (κ2) is 7.48. The molecule has 26 heavy (non-hydrogen) atoms. The first-order chi connectivity index (χ1) is 12.0. The van der Waals surface area contributed by atoms with Crippen molar-refractivity contribution in [3.05, 3.63) is 33.4 Å². The number of carboxylic acids is 1. The Morgan fingerprint density at radius 2 is 1.58 bits per heavy atom. The molecule has 6 heteroatoms. The van der Waals surface area contributed by atoms with Crippen LogP contribution in [0.25, 0.3) is 0 Å². The number of hydrogen-bond acceptors (Lipinski definition) is 3. The van der Waals surface area contributed by atoms with Gasteiger partial charge in [-0.15, -0.1) is 0 Å². The molecule has 1 aromatic rings. The molecular formula is C20H28N2O4. The maximum absolute atomic E-state index is 12.5. The molecule has 2 amide bonds. The lowest BCUT2D eigenvalue weighted by atomic mass is 9.86. The lowest BCUT2D eigenvalue weighted by Crippen LogP contribution is -2.33. The number of amides is 2. The van der Waals surface area contributed by atoms with Crippen LogP contribution in [-0.4, -0.2) is 34.8 Å². The van der Waals surface area contributed by atoms with E-state index in [0.717, 1.165) is 34.2 Å². The van der Waals surface area contributed by atoms with Gasteiger partial charge in [0.15, 0.2) is 0 Å². The fraction of sp³-hybridized carbons (Fsp3) is 0.550. The summed E-state index contributed by atoms with van der Waals surface area (Å²) in [5.74, 6) is -1.03. The number of rotatable bonds is 6. The first kappa shape index (κ1) is 19.9. The minimum Gasteiger partial charge on any atom is -0.481 e. The number of benzene rings is 1. The molecule has 2 rings (SSSR count). The lowest BCUT2D eigenvalue weighted by Gasteiger charge is -2.21. The summed E-state index contributed by atoms with van der Waals surface area (Å²) >= 11 is 0. The van der Waals surface area contributed by atoms with Gasteiger partial charge in [-0.2, -0.15) is 0 Å². The van der Waals surface area contributed by atoms with Crippen LogP contribution in [0.3, 0.4) is 0 Å². The van der Waals surface area contributed by atoms with Crippen LogP contribution in [0.5, 0.6) is 0 Å². The number of carbonyl (C=O) groups is 3. The van der Waals surface area contributed by atoms with Crippen molar-refractivity contribution in [3.8, 4) is 0 Å². The van der Waals surface area contributed by atoms with Crippen LogP contribution >= 0.6 is 0 Å². The largest absolute Gasteiger partial charge is 0.481 e. The molecular weight excluding hydrogens is 332 g/mol. The van der Waals surface area contributed by atoms with Gasteiger partial charge in [-0.25, -0.2) is 0 Å². The Hall–Kier alpha value is -2.37. The van der Waals surface area contributed by atoms with Crippen molar-refractivity contribution in [1.29, 1.82) is 0 Å². The monoisotopic (exact) mass is 360 g/mol. The Kier molecular flexibility index (Phi) is 5.74. The highest BCUT2D eigenvalue weighted by atomic mass is 16.4. The van der Waals surface area contributed by atoms with Crippen molar-refractivity contribution in [2.45, 2.75) is 60.5 Å². The highest BCUT2D eigenvalue weighted by Gasteiger charge is 2.27. The van der Waals surface area contributed by atoms with E-state index in [0.29, 0.717) is 25.2 Å². The van der Waals surface area contributed by atoms with Crippen LogP contribution in [0.15, 0.2) is 0 Å². The number of nitrogens with one attached hydrogen (secondary N) is 1. The molecule has 0 saturated heterocycles. The Morgan fingerprint density at radius 3 is 2.00 bits per heavy atom. The molecule has 1 aliphatic heterocycles. The van der Waals surface area contributed by atoms with Crippen LogP contribution in [0.4, 0.5) is 0 Å². The molecule has 1 aromatic carbocycles. The molecule has 0 radical (unpaired) electrons. The molecule has 0 saturated carbocycles. The summed E-state index contributed by atoms with van der Waals surface area (Å²) in [7, 11) is 0. The number of carbonyl (C=O) groups excluding carboxylic acids is 2. The van der Waals surface area contributed by atoms with Gasteiger partial charge >= 0.3 is 5.97 Å². The smallest absolute Gasteiger partial charge is 0.307 e. The molecule has 0 bridgehead atoms. The molecule has 0 atom stereocenters. The van der Waals surface area contributed by atoms with Gasteiger partial charge in [0.1, 0.15) is 0 Å². The third kappa shape index (κ3) is 4.42. The topological polar surface area (TPSA) is 86.7 Å². The third-order valence-corrected chi connectivity index (χ3v) is 4.89. The molecule has 1 aliphatic rings. The minimum atomic E-state index is -0.922. The summed E-state index contributed by atoms with van der Waals surface area (Å²) in [5.41, 5.74) is 5.34. The SMILES string of the molecule is Cc1c(CC(=O)O)c(CC(=O)NCC(C)(C)C)c(C)c2c1CN(C=O)C2. The number of carboxylic acid groups (broad SMARTS) is 1. The third-order valence-electron chi connectivity index (χ3n) is 4.89. The summed E-state index contributed by atoms with van der Waals surface area (Å²) in [6.45, 7) is 11.5. The average Bonchev–Trinajstić information content (AvgIpc) is 2.97. The van der Waals surface area contributed by atoms with Crippen molar-refractivity contribution in [3.63, 3.8) is 0 Å². The van der Waals surface area contributed by atoms with E-state index < -0.39 is 5.97 Å². The van der Waals surface area contributed by atoms with Crippen molar-refractivity contribution in [1.82, 2.24) is 10.2 Å².